The highest BCUT2D eigenvalue weighted by atomic mass is 15.3. The molecule has 0 fully saturated rings. The second-order valence-corrected chi connectivity index (χ2v) is 3.21. The Bertz CT molecular complexity index is 535. The second-order valence-electron chi connectivity index (χ2n) is 3.21. The van der Waals surface area contributed by atoms with Crippen molar-refractivity contribution in [2.45, 2.75) is 6.92 Å². The predicted molar refractivity (Wildman–Crippen MR) is 55.2 cm³/mol. The molecule has 0 amide bonds. The van der Waals surface area contributed by atoms with E-state index in [1.165, 1.54) is 6.20 Å². The van der Waals surface area contributed by atoms with Gasteiger partial charge in [0.1, 0.15) is 6.07 Å². The summed E-state index contributed by atoms with van der Waals surface area (Å²) in [5, 5.41) is 12.8. The van der Waals surface area contributed by atoms with Crippen molar-refractivity contribution in [2.24, 2.45) is 0 Å². The highest BCUT2D eigenvalue weighted by Crippen LogP contribution is 2.14. The van der Waals surface area contributed by atoms with Crippen molar-refractivity contribution in [3.05, 3.63) is 35.8 Å². The van der Waals surface area contributed by atoms with Crippen molar-refractivity contribution in [1.29, 1.82) is 5.26 Å². The average Bonchev–Trinajstić information content (AvgIpc) is 2.64. The van der Waals surface area contributed by atoms with Crippen LogP contribution < -0.4 is 5.73 Å². The van der Waals surface area contributed by atoms with Crippen molar-refractivity contribution in [3.63, 3.8) is 0 Å². The van der Waals surface area contributed by atoms with Gasteiger partial charge in [0.05, 0.1) is 17.4 Å². The van der Waals surface area contributed by atoms with Gasteiger partial charge < -0.3 is 5.73 Å². The number of nitrogens with two attached hydrogens (primary N) is 1. The first-order chi connectivity index (χ1) is 7.20. The lowest BCUT2D eigenvalue weighted by atomic mass is 10.3. The summed E-state index contributed by atoms with van der Waals surface area (Å²) in [6, 6.07) is 3.56. The maximum absolute atomic E-state index is 8.66. The van der Waals surface area contributed by atoms with E-state index in [2.05, 4.69) is 10.1 Å². The fourth-order valence-electron chi connectivity index (χ4n) is 1.26. The van der Waals surface area contributed by atoms with Crippen LogP contribution in [0.1, 0.15) is 11.1 Å². The van der Waals surface area contributed by atoms with Gasteiger partial charge in [-0.15, -0.1) is 0 Å². The summed E-state index contributed by atoms with van der Waals surface area (Å²) in [5.74, 6) is 0.544. The Balaban J connectivity index is 2.51. The lowest BCUT2D eigenvalue weighted by Crippen LogP contribution is -2.03. The minimum absolute atomic E-state index is 0.442. The van der Waals surface area contributed by atoms with Crippen LogP contribution in [-0.2, 0) is 0 Å². The number of nitrogens with zero attached hydrogens (tertiary/aromatic N) is 4. The molecule has 74 valence electrons. The summed E-state index contributed by atoms with van der Waals surface area (Å²) in [6.45, 7) is 1.93. The van der Waals surface area contributed by atoms with Crippen LogP contribution in [0.3, 0.4) is 0 Å². The normalized spacial score (nSPS) is 9.87. The molecule has 0 aliphatic heterocycles. The summed E-state index contributed by atoms with van der Waals surface area (Å²) < 4.78 is 1.59. The molecule has 0 saturated carbocycles. The molecule has 0 radical (unpaired) electrons. The number of aromatic nitrogens is 3. The first-order valence-corrected chi connectivity index (χ1v) is 4.38. The molecule has 5 heteroatoms. The number of aryl methyl sites for hydroxylation is 1. The Kier molecular flexibility index (Phi) is 2.10. The average molecular weight is 199 g/mol. The molecule has 2 aromatic heterocycles. The molecule has 0 atom stereocenters. The highest BCUT2D eigenvalue weighted by Gasteiger charge is 2.05. The van der Waals surface area contributed by atoms with Gasteiger partial charge in [0.25, 0.3) is 0 Å². The van der Waals surface area contributed by atoms with E-state index in [1.807, 2.05) is 19.2 Å². The summed E-state index contributed by atoms with van der Waals surface area (Å²) >= 11 is 0. The topological polar surface area (TPSA) is 80.5 Å². The van der Waals surface area contributed by atoms with Crippen molar-refractivity contribution < 1.29 is 0 Å². The third-order valence-corrected chi connectivity index (χ3v) is 1.95. The molecule has 0 aliphatic rings. The Hall–Kier alpha value is -2.35. The van der Waals surface area contributed by atoms with E-state index in [9.17, 15) is 0 Å². The predicted octanol–water partition coefficient (Wildman–Crippen LogP) is 1.03. The Morgan fingerprint density at radius 1 is 1.47 bits per heavy atom. The van der Waals surface area contributed by atoms with Crippen LogP contribution >= 0.6 is 0 Å². The minimum atomic E-state index is 0.442. The van der Waals surface area contributed by atoms with Crippen molar-refractivity contribution in [2.75, 3.05) is 5.73 Å². The largest absolute Gasteiger partial charge is 0.396 e. The molecule has 0 aliphatic carbocycles. The number of anilines is 1. The molecule has 0 saturated heterocycles. The van der Waals surface area contributed by atoms with Gasteiger partial charge in [-0.2, -0.15) is 10.4 Å². The van der Waals surface area contributed by atoms with E-state index in [4.69, 9.17) is 11.0 Å². The molecule has 2 N–H and O–H groups in total. The molecule has 0 spiro atoms. The number of rotatable bonds is 1. The smallest absolute Gasteiger partial charge is 0.176 e. The zero-order valence-corrected chi connectivity index (χ0v) is 8.18. The van der Waals surface area contributed by atoms with Crippen molar-refractivity contribution >= 4 is 5.69 Å². The SMILES string of the molecule is Cc1cnn(-c2ncc(C#N)cc2N)c1. The van der Waals surface area contributed by atoms with Gasteiger partial charge in [-0.1, -0.05) is 0 Å². The maximum atomic E-state index is 8.66. The van der Waals surface area contributed by atoms with E-state index in [0.717, 1.165) is 5.56 Å². The molecule has 0 aromatic carbocycles. The van der Waals surface area contributed by atoms with Gasteiger partial charge in [-0.3, -0.25) is 0 Å². The summed E-state index contributed by atoms with van der Waals surface area (Å²) in [5.41, 5.74) is 7.68. The monoisotopic (exact) mass is 199 g/mol. The lowest BCUT2D eigenvalue weighted by molar-refractivity contribution is 0.849. The number of pyridine rings is 1. The summed E-state index contributed by atoms with van der Waals surface area (Å²) in [6.07, 6.45) is 5.02. The molecule has 2 heterocycles. The van der Waals surface area contributed by atoms with Crippen molar-refractivity contribution in [1.82, 2.24) is 14.8 Å². The Labute approximate surface area is 86.8 Å². The van der Waals surface area contributed by atoms with Crippen LogP contribution in [0.2, 0.25) is 0 Å². The van der Waals surface area contributed by atoms with Gasteiger partial charge in [0.15, 0.2) is 5.82 Å². The van der Waals surface area contributed by atoms with Crippen LogP contribution in [0.25, 0.3) is 5.82 Å². The molecule has 15 heavy (non-hydrogen) atoms. The highest BCUT2D eigenvalue weighted by molar-refractivity contribution is 5.55. The van der Waals surface area contributed by atoms with E-state index < -0.39 is 0 Å². The molecular weight excluding hydrogens is 190 g/mol. The Morgan fingerprint density at radius 3 is 2.80 bits per heavy atom. The lowest BCUT2D eigenvalue weighted by Gasteiger charge is -2.03. The number of hydrogen-bond donors (Lipinski definition) is 1. The summed E-state index contributed by atoms with van der Waals surface area (Å²) in [7, 11) is 0. The van der Waals surface area contributed by atoms with Crippen LogP contribution in [0, 0.1) is 18.3 Å². The second kappa shape index (κ2) is 3.42. The number of hydrogen-bond acceptors (Lipinski definition) is 4. The van der Waals surface area contributed by atoms with Gasteiger partial charge in [-0.25, -0.2) is 9.67 Å². The molecular formula is C10H9N5. The van der Waals surface area contributed by atoms with E-state index >= 15 is 0 Å². The fraction of sp³-hybridized carbons (Fsp3) is 0.100. The van der Waals surface area contributed by atoms with E-state index in [-0.39, 0.29) is 0 Å². The standard InChI is InChI=1S/C10H9N5/c1-7-4-14-15(6-7)10-9(12)2-8(3-11)5-13-10/h2,4-6H,12H2,1H3. The molecule has 5 nitrogen and oxygen atoms in total. The molecule has 0 unspecified atom stereocenters. The Morgan fingerprint density at radius 2 is 2.27 bits per heavy atom. The molecule has 2 aromatic rings. The van der Waals surface area contributed by atoms with Gasteiger partial charge in [0.2, 0.25) is 0 Å². The molecule has 0 bridgehead atoms. The zero-order valence-electron chi connectivity index (χ0n) is 8.18. The van der Waals surface area contributed by atoms with Crippen LogP contribution in [0.5, 0.6) is 0 Å². The van der Waals surface area contributed by atoms with Gasteiger partial charge in [-0.05, 0) is 18.6 Å². The summed E-state index contributed by atoms with van der Waals surface area (Å²) in [4.78, 5) is 4.09. The van der Waals surface area contributed by atoms with E-state index in [0.29, 0.717) is 17.1 Å². The minimum Gasteiger partial charge on any atom is -0.396 e. The third kappa shape index (κ3) is 1.65. The van der Waals surface area contributed by atoms with Crippen molar-refractivity contribution in [3.8, 4) is 11.9 Å². The fourth-order valence-corrected chi connectivity index (χ4v) is 1.26. The van der Waals surface area contributed by atoms with Gasteiger partial charge >= 0.3 is 0 Å². The molecule has 2 rings (SSSR count). The number of nitrogen functional groups attached to an aromatic ring is 1. The van der Waals surface area contributed by atoms with Gasteiger partial charge in [0, 0.05) is 12.4 Å². The zero-order chi connectivity index (χ0) is 10.8. The van der Waals surface area contributed by atoms with E-state index in [1.54, 1.807) is 16.9 Å². The van der Waals surface area contributed by atoms with Crippen LogP contribution in [-0.4, -0.2) is 14.8 Å². The third-order valence-electron chi connectivity index (χ3n) is 1.95. The quantitative estimate of drug-likeness (QED) is 0.743. The van der Waals surface area contributed by atoms with Crippen LogP contribution in [0.4, 0.5) is 5.69 Å². The first-order valence-electron chi connectivity index (χ1n) is 4.38. The first kappa shape index (κ1) is 9.21. The maximum Gasteiger partial charge on any atom is 0.176 e. The number of nitriles is 1. The van der Waals surface area contributed by atoms with Crippen LogP contribution in [0.15, 0.2) is 24.7 Å².